The van der Waals surface area contributed by atoms with Gasteiger partial charge in [-0.1, -0.05) is 6.07 Å². The van der Waals surface area contributed by atoms with Gasteiger partial charge < -0.3 is 35.4 Å². The zero-order chi connectivity index (χ0) is 27.3. The van der Waals surface area contributed by atoms with Crippen molar-refractivity contribution in [2.24, 2.45) is 5.92 Å². The zero-order valence-corrected chi connectivity index (χ0v) is 21.3. The van der Waals surface area contributed by atoms with Gasteiger partial charge in [0.05, 0.1) is 25.9 Å². The minimum absolute atomic E-state index is 0.0754. The minimum atomic E-state index is -4.24. The largest absolute Gasteiger partial charge is 0.394 e. The molecule has 2 saturated heterocycles. The Bertz CT molecular complexity index is 1110. The van der Waals surface area contributed by atoms with Crippen LogP contribution in [0.3, 0.4) is 0 Å². The number of nitrogens with zero attached hydrogens (tertiary/aromatic N) is 3. The molecule has 9 nitrogen and oxygen atoms in total. The molecule has 0 unspecified atom stereocenters. The zero-order valence-electron chi connectivity index (χ0n) is 21.3. The van der Waals surface area contributed by atoms with Crippen molar-refractivity contribution in [2.75, 3.05) is 68.1 Å². The summed E-state index contributed by atoms with van der Waals surface area (Å²) in [7, 11) is 0. The fourth-order valence-corrected chi connectivity index (χ4v) is 4.73. The number of carbonyl (C=O) groups excluding carboxylic acids is 1. The summed E-state index contributed by atoms with van der Waals surface area (Å²) in [5.74, 6) is 0.673. The number of alkyl halides is 3. The van der Waals surface area contributed by atoms with Crippen molar-refractivity contribution in [3.63, 3.8) is 0 Å². The molecule has 1 aromatic heterocycles. The maximum absolute atomic E-state index is 12.8. The van der Waals surface area contributed by atoms with Crippen LogP contribution >= 0.6 is 0 Å². The van der Waals surface area contributed by atoms with Gasteiger partial charge in [-0.25, -0.2) is 9.78 Å². The van der Waals surface area contributed by atoms with Crippen molar-refractivity contribution < 1.29 is 32.9 Å². The van der Waals surface area contributed by atoms with E-state index in [0.29, 0.717) is 44.2 Å². The van der Waals surface area contributed by atoms with Gasteiger partial charge >= 0.3 is 12.2 Å². The number of aliphatic hydroxyl groups is 2. The van der Waals surface area contributed by atoms with Crippen molar-refractivity contribution in [1.29, 1.82) is 0 Å². The number of nitrogens with one attached hydrogen (secondary N) is 2. The smallest absolute Gasteiger partial charge is 0.389 e. The van der Waals surface area contributed by atoms with E-state index < -0.39 is 30.7 Å². The summed E-state index contributed by atoms with van der Waals surface area (Å²) in [5, 5.41) is 24.9. The highest BCUT2D eigenvalue weighted by Crippen LogP contribution is 2.33. The maximum Gasteiger partial charge on any atom is 0.389 e. The second-order valence-electron chi connectivity index (χ2n) is 9.80. The molecule has 0 saturated carbocycles. The van der Waals surface area contributed by atoms with Crippen LogP contribution in [0.15, 0.2) is 30.3 Å². The summed E-state index contributed by atoms with van der Waals surface area (Å²) in [5.41, 5.74) is 3.17. The van der Waals surface area contributed by atoms with Gasteiger partial charge in [-0.2, -0.15) is 13.2 Å². The number of halogens is 3. The van der Waals surface area contributed by atoms with Crippen LogP contribution in [0, 0.1) is 12.8 Å². The molecule has 0 bridgehead atoms. The van der Waals surface area contributed by atoms with E-state index in [-0.39, 0.29) is 26.2 Å². The van der Waals surface area contributed by atoms with E-state index >= 15 is 0 Å². The second-order valence-corrected chi connectivity index (χ2v) is 9.80. The number of ether oxygens (including phenoxy) is 1. The number of morpholine rings is 1. The fourth-order valence-electron chi connectivity index (χ4n) is 4.73. The van der Waals surface area contributed by atoms with E-state index in [9.17, 15) is 23.1 Å². The van der Waals surface area contributed by atoms with Crippen LogP contribution in [0.25, 0.3) is 11.1 Å². The average Bonchev–Trinajstić information content (AvgIpc) is 3.35. The monoisotopic (exact) mass is 537 g/mol. The number of anilines is 3. The lowest BCUT2D eigenvalue weighted by Gasteiger charge is -2.29. The number of urea groups is 1. The molecule has 2 amide bonds. The van der Waals surface area contributed by atoms with Crippen LogP contribution < -0.4 is 15.5 Å². The molecule has 0 radical (unpaired) electrons. The van der Waals surface area contributed by atoms with E-state index in [1.54, 1.807) is 6.07 Å². The molecular weight excluding hydrogens is 503 g/mol. The Balaban J connectivity index is 1.54. The standard InChI is InChI=1S/C26H34F3N5O4/c1-17-2-3-20(31-25(37)34-5-4-18(15-34)13-26(27,28)29)12-22(17)19-10-23(30-14-21(36)16-35)32-24(11-19)33-6-8-38-9-7-33/h2-3,10-12,18,21,35-36H,4-9,13-16H2,1H3,(H,30,32)(H,31,37)/t18-,21+/m0/s1. The number of aryl methyl sites for hydroxylation is 1. The molecule has 0 aliphatic carbocycles. The van der Waals surface area contributed by atoms with Gasteiger partial charge in [0.2, 0.25) is 0 Å². The lowest BCUT2D eigenvalue weighted by Crippen LogP contribution is -2.36. The fraction of sp³-hybridized carbons (Fsp3) is 0.538. The molecule has 0 spiro atoms. The summed E-state index contributed by atoms with van der Waals surface area (Å²) in [6.45, 7) is 4.57. The van der Waals surface area contributed by atoms with Crippen molar-refractivity contribution in [2.45, 2.75) is 32.0 Å². The first-order chi connectivity index (χ1) is 18.1. The normalized spacial score (nSPS) is 18.9. The Labute approximate surface area is 219 Å². The molecule has 2 aliphatic rings. The number of carbonyl (C=O) groups is 1. The molecule has 4 rings (SSSR count). The van der Waals surface area contributed by atoms with Crippen LogP contribution in [0.5, 0.6) is 0 Å². The van der Waals surface area contributed by atoms with Gasteiger partial charge in [-0.3, -0.25) is 0 Å². The number of hydrogen-bond acceptors (Lipinski definition) is 7. The summed E-state index contributed by atoms with van der Waals surface area (Å²) in [6.07, 6.45) is -5.73. The molecular formula is C26H34F3N5O4. The van der Waals surface area contributed by atoms with E-state index in [4.69, 9.17) is 9.84 Å². The minimum Gasteiger partial charge on any atom is -0.394 e. The Morgan fingerprint density at radius 3 is 2.68 bits per heavy atom. The van der Waals surface area contributed by atoms with Crippen LogP contribution in [-0.4, -0.2) is 91.0 Å². The van der Waals surface area contributed by atoms with Crippen LogP contribution in [0.4, 0.5) is 35.3 Å². The third kappa shape index (κ3) is 7.49. The summed E-state index contributed by atoms with van der Waals surface area (Å²) in [6, 6.07) is 8.84. The molecule has 1 aromatic carbocycles. The third-order valence-corrected chi connectivity index (χ3v) is 6.77. The highest BCUT2D eigenvalue weighted by molar-refractivity contribution is 5.91. The number of benzene rings is 1. The Hall–Kier alpha value is -3.09. The number of pyridine rings is 1. The summed E-state index contributed by atoms with van der Waals surface area (Å²) < 4.78 is 43.7. The van der Waals surface area contributed by atoms with Gasteiger partial charge in [0.25, 0.3) is 0 Å². The molecule has 38 heavy (non-hydrogen) atoms. The highest BCUT2D eigenvalue weighted by Gasteiger charge is 2.36. The molecule has 2 aromatic rings. The predicted octanol–water partition coefficient (Wildman–Crippen LogP) is 3.46. The Morgan fingerprint density at radius 1 is 1.21 bits per heavy atom. The van der Waals surface area contributed by atoms with Gasteiger partial charge in [-0.15, -0.1) is 0 Å². The van der Waals surface area contributed by atoms with E-state index in [1.807, 2.05) is 31.2 Å². The molecule has 2 aliphatic heterocycles. The SMILES string of the molecule is Cc1ccc(NC(=O)N2CC[C@@H](CC(F)(F)F)C2)cc1-c1cc(NC[C@@H](O)CO)nc(N2CCOCC2)c1. The Morgan fingerprint density at radius 2 is 1.97 bits per heavy atom. The summed E-state index contributed by atoms with van der Waals surface area (Å²) >= 11 is 0. The molecule has 2 fully saturated rings. The molecule has 4 N–H and O–H groups in total. The van der Waals surface area contributed by atoms with Gasteiger partial charge in [-0.05, 0) is 60.2 Å². The number of rotatable bonds is 8. The van der Waals surface area contributed by atoms with Crippen LogP contribution in [0.2, 0.25) is 0 Å². The predicted molar refractivity (Wildman–Crippen MR) is 138 cm³/mol. The van der Waals surface area contributed by atoms with E-state index in [1.165, 1.54) is 4.90 Å². The third-order valence-electron chi connectivity index (χ3n) is 6.77. The van der Waals surface area contributed by atoms with Crippen molar-refractivity contribution in [1.82, 2.24) is 9.88 Å². The Kier molecular flexibility index (Phi) is 8.95. The molecule has 3 heterocycles. The first kappa shape index (κ1) is 27.9. The van der Waals surface area contributed by atoms with Crippen LogP contribution in [-0.2, 0) is 4.74 Å². The second kappa shape index (κ2) is 12.2. The van der Waals surface area contributed by atoms with Crippen molar-refractivity contribution in [3.05, 3.63) is 35.9 Å². The van der Waals surface area contributed by atoms with Crippen LogP contribution in [0.1, 0.15) is 18.4 Å². The van der Waals surface area contributed by atoms with Gasteiger partial charge in [0, 0.05) is 44.8 Å². The van der Waals surface area contributed by atoms with E-state index in [0.717, 1.165) is 22.5 Å². The number of amides is 2. The lowest BCUT2D eigenvalue weighted by atomic mass is 10.00. The van der Waals surface area contributed by atoms with Crippen molar-refractivity contribution >= 4 is 23.4 Å². The first-order valence-corrected chi connectivity index (χ1v) is 12.7. The molecule has 208 valence electrons. The average molecular weight is 538 g/mol. The van der Waals surface area contributed by atoms with Gasteiger partial charge in [0.1, 0.15) is 11.6 Å². The van der Waals surface area contributed by atoms with Gasteiger partial charge in [0.15, 0.2) is 0 Å². The first-order valence-electron chi connectivity index (χ1n) is 12.7. The number of aromatic nitrogens is 1. The quantitative estimate of drug-likeness (QED) is 0.408. The summed E-state index contributed by atoms with van der Waals surface area (Å²) in [4.78, 5) is 21.0. The van der Waals surface area contributed by atoms with Crippen molar-refractivity contribution in [3.8, 4) is 11.1 Å². The molecule has 2 atom stereocenters. The lowest BCUT2D eigenvalue weighted by molar-refractivity contribution is -0.143. The van der Waals surface area contributed by atoms with E-state index in [2.05, 4.69) is 20.5 Å². The number of hydrogen-bond donors (Lipinski definition) is 4. The highest BCUT2D eigenvalue weighted by atomic mass is 19.4. The topological polar surface area (TPSA) is 110 Å². The maximum atomic E-state index is 12.8. The number of aliphatic hydroxyl groups excluding tert-OH is 2. The number of likely N-dealkylation sites (tertiary alicyclic amines) is 1. The molecule has 12 heteroatoms.